The van der Waals surface area contributed by atoms with Crippen molar-refractivity contribution in [1.82, 2.24) is 5.01 Å². The molecule has 0 aromatic heterocycles. The first-order valence-electron chi connectivity index (χ1n) is 5.13. The average molecular weight is 216 g/mol. The highest BCUT2D eigenvalue weighted by atomic mass is 16.2. The number of carbonyl (C=O) groups is 2. The number of hydrogen-bond acceptors (Lipinski definition) is 3. The molecule has 1 aromatic rings. The molecule has 0 unspecified atom stereocenters. The number of imide groups is 1. The molecule has 1 aliphatic heterocycles. The number of hydrogen-bond donors (Lipinski definition) is 0. The van der Waals surface area contributed by atoms with Crippen molar-refractivity contribution in [3.05, 3.63) is 35.4 Å². The minimum atomic E-state index is -0.350. The van der Waals surface area contributed by atoms with Gasteiger partial charge in [0.15, 0.2) is 0 Å². The summed E-state index contributed by atoms with van der Waals surface area (Å²) in [5, 5.41) is 4.83. The minimum absolute atomic E-state index is 0.198. The predicted molar refractivity (Wildman–Crippen MR) is 60.3 cm³/mol. The molecule has 2 rings (SSSR count). The van der Waals surface area contributed by atoms with E-state index in [0.29, 0.717) is 11.1 Å². The second-order valence-corrected chi connectivity index (χ2v) is 3.98. The summed E-state index contributed by atoms with van der Waals surface area (Å²) in [7, 11) is 0. The van der Waals surface area contributed by atoms with Crippen LogP contribution in [-0.4, -0.2) is 23.0 Å². The number of hydrazone groups is 1. The number of rotatable bonds is 2. The van der Waals surface area contributed by atoms with E-state index >= 15 is 0 Å². The molecule has 0 radical (unpaired) electrons. The maximum atomic E-state index is 11.8. The normalized spacial score (nSPS) is 15.3. The fourth-order valence-corrected chi connectivity index (χ4v) is 1.48. The van der Waals surface area contributed by atoms with Crippen LogP contribution in [0.3, 0.4) is 0 Å². The van der Waals surface area contributed by atoms with Crippen LogP contribution < -0.4 is 0 Å². The standard InChI is InChI=1S/C12H12N2O2/c1-8(2)7-13-14-11(15)9-5-3-4-6-10(9)12(14)16/h3-8H,1-2H3/b13-7+. The predicted octanol–water partition coefficient (Wildman–Crippen LogP) is 1.92. The molecule has 0 N–H and O–H groups in total. The van der Waals surface area contributed by atoms with E-state index in [1.54, 1.807) is 30.5 Å². The van der Waals surface area contributed by atoms with E-state index in [1.165, 1.54) is 0 Å². The van der Waals surface area contributed by atoms with E-state index in [2.05, 4.69) is 5.10 Å². The minimum Gasteiger partial charge on any atom is -0.267 e. The van der Waals surface area contributed by atoms with Gasteiger partial charge < -0.3 is 0 Å². The van der Waals surface area contributed by atoms with Gasteiger partial charge in [0, 0.05) is 6.21 Å². The number of carbonyl (C=O) groups excluding carboxylic acids is 2. The van der Waals surface area contributed by atoms with E-state index in [1.807, 2.05) is 13.8 Å². The molecular weight excluding hydrogens is 204 g/mol. The van der Waals surface area contributed by atoms with Crippen LogP contribution in [0.15, 0.2) is 29.4 Å². The summed E-state index contributed by atoms with van der Waals surface area (Å²) in [6.07, 6.45) is 1.58. The van der Waals surface area contributed by atoms with E-state index < -0.39 is 0 Å². The summed E-state index contributed by atoms with van der Waals surface area (Å²) in [6, 6.07) is 6.75. The number of benzene rings is 1. The molecule has 0 spiro atoms. The largest absolute Gasteiger partial charge is 0.282 e. The van der Waals surface area contributed by atoms with Crippen LogP contribution in [-0.2, 0) is 0 Å². The Morgan fingerprint density at radius 2 is 1.62 bits per heavy atom. The molecule has 0 saturated heterocycles. The lowest BCUT2D eigenvalue weighted by Gasteiger charge is -2.05. The molecule has 82 valence electrons. The van der Waals surface area contributed by atoms with E-state index in [9.17, 15) is 9.59 Å². The Labute approximate surface area is 93.6 Å². The Morgan fingerprint density at radius 1 is 1.12 bits per heavy atom. The molecule has 0 saturated carbocycles. The summed E-state index contributed by atoms with van der Waals surface area (Å²) in [5.41, 5.74) is 0.849. The van der Waals surface area contributed by atoms with Gasteiger partial charge in [-0.25, -0.2) is 0 Å². The Balaban J connectivity index is 2.35. The molecule has 16 heavy (non-hydrogen) atoms. The monoisotopic (exact) mass is 216 g/mol. The first-order chi connectivity index (χ1) is 7.61. The van der Waals surface area contributed by atoms with Gasteiger partial charge in [-0.05, 0) is 18.1 Å². The third-order valence-corrected chi connectivity index (χ3v) is 2.25. The van der Waals surface area contributed by atoms with Crippen LogP contribution in [0.1, 0.15) is 34.6 Å². The smallest absolute Gasteiger partial charge is 0.267 e. The maximum Gasteiger partial charge on any atom is 0.282 e. The molecule has 1 heterocycles. The van der Waals surface area contributed by atoms with Crippen LogP contribution in [0.2, 0.25) is 0 Å². The fraction of sp³-hybridized carbons (Fsp3) is 0.250. The summed E-state index contributed by atoms with van der Waals surface area (Å²) in [5.74, 6) is -0.501. The first kappa shape index (κ1) is 10.5. The lowest BCUT2D eigenvalue weighted by atomic mass is 10.1. The molecule has 0 bridgehead atoms. The number of amides is 2. The van der Waals surface area contributed by atoms with Gasteiger partial charge in [-0.15, -0.1) is 0 Å². The zero-order chi connectivity index (χ0) is 11.7. The molecule has 1 aliphatic rings. The molecule has 4 heteroatoms. The summed E-state index contributed by atoms with van der Waals surface area (Å²) in [6.45, 7) is 3.86. The highest BCUT2D eigenvalue weighted by Gasteiger charge is 2.35. The molecule has 1 aromatic carbocycles. The van der Waals surface area contributed by atoms with Gasteiger partial charge in [0.2, 0.25) is 0 Å². The van der Waals surface area contributed by atoms with Crippen molar-refractivity contribution >= 4 is 18.0 Å². The third kappa shape index (κ3) is 1.62. The van der Waals surface area contributed by atoms with E-state index in [4.69, 9.17) is 0 Å². The van der Waals surface area contributed by atoms with Gasteiger partial charge >= 0.3 is 0 Å². The van der Waals surface area contributed by atoms with Crippen molar-refractivity contribution in [3.8, 4) is 0 Å². The molecule has 0 aliphatic carbocycles. The zero-order valence-corrected chi connectivity index (χ0v) is 9.18. The SMILES string of the molecule is CC(C)/C=N/N1C(=O)c2ccccc2C1=O. The summed E-state index contributed by atoms with van der Waals surface area (Å²) < 4.78 is 0. The van der Waals surface area contributed by atoms with Gasteiger partial charge in [0.1, 0.15) is 0 Å². The first-order valence-corrected chi connectivity index (χ1v) is 5.13. The second-order valence-electron chi connectivity index (χ2n) is 3.98. The maximum absolute atomic E-state index is 11.8. The highest BCUT2D eigenvalue weighted by Crippen LogP contribution is 2.22. The lowest BCUT2D eigenvalue weighted by molar-refractivity contribution is 0.0659. The Hall–Kier alpha value is -1.97. The van der Waals surface area contributed by atoms with Gasteiger partial charge in [0.25, 0.3) is 11.8 Å². The average Bonchev–Trinajstić information content (AvgIpc) is 2.50. The highest BCUT2D eigenvalue weighted by molar-refractivity contribution is 6.21. The fourth-order valence-electron chi connectivity index (χ4n) is 1.48. The van der Waals surface area contributed by atoms with Crippen LogP contribution in [0, 0.1) is 5.92 Å². The second kappa shape index (κ2) is 3.89. The Bertz CT molecular complexity index is 443. The van der Waals surface area contributed by atoms with Gasteiger partial charge in [0.05, 0.1) is 11.1 Å². The number of fused-ring (bicyclic) bond motifs is 1. The van der Waals surface area contributed by atoms with Crippen molar-refractivity contribution < 1.29 is 9.59 Å². The van der Waals surface area contributed by atoms with Gasteiger partial charge in [-0.3, -0.25) is 9.59 Å². The van der Waals surface area contributed by atoms with Crippen LogP contribution in [0.4, 0.5) is 0 Å². The molecular formula is C12H12N2O2. The summed E-state index contributed by atoms with van der Waals surface area (Å²) >= 11 is 0. The molecule has 0 fully saturated rings. The number of nitrogens with zero attached hydrogens (tertiary/aromatic N) is 2. The lowest BCUT2D eigenvalue weighted by Crippen LogP contribution is -2.24. The molecule has 2 amide bonds. The van der Waals surface area contributed by atoms with Crippen LogP contribution >= 0.6 is 0 Å². The Kier molecular flexibility index (Phi) is 2.56. The van der Waals surface area contributed by atoms with Crippen molar-refractivity contribution in [2.75, 3.05) is 0 Å². The van der Waals surface area contributed by atoms with Crippen molar-refractivity contribution in [1.29, 1.82) is 0 Å². The Morgan fingerprint density at radius 3 is 2.06 bits per heavy atom. The topological polar surface area (TPSA) is 49.7 Å². The van der Waals surface area contributed by atoms with Gasteiger partial charge in [-0.2, -0.15) is 10.1 Å². The van der Waals surface area contributed by atoms with Crippen molar-refractivity contribution in [2.45, 2.75) is 13.8 Å². The van der Waals surface area contributed by atoms with Crippen LogP contribution in [0.5, 0.6) is 0 Å². The third-order valence-electron chi connectivity index (χ3n) is 2.25. The quantitative estimate of drug-likeness (QED) is 0.560. The van der Waals surface area contributed by atoms with Crippen molar-refractivity contribution in [3.63, 3.8) is 0 Å². The molecule has 0 atom stereocenters. The van der Waals surface area contributed by atoms with E-state index in [-0.39, 0.29) is 17.7 Å². The molecule has 4 nitrogen and oxygen atoms in total. The van der Waals surface area contributed by atoms with Gasteiger partial charge in [-0.1, -0.05) is 26.0 Å². The van der Waals surface area contributed by atoms with Crippen molar-refractivity contribution in [2.24, 2.45) is 11.0 Å². The zero-order valence-electron chi connectivity index (χ0n) is 9.18. The van der Waals surface area contributed by atoms with Crippen LogP contribution in [0.25, 0.3) is 0 Å². The van der Waals surface area contributed by atoms with E-state index in [0.717, 1.165) is 5.01 Å². The summed E-state index contributed by atoms with van der Waals surface area (Å²) in [4.78, 5) is 23.6.